The molecule has 0 unspecified atom stereocenters. The number of carbonyl (C=O) groups excluding carboxylic acids is 2. The summed E-state index contributed by atoms with van der Waals surface area (Å²) in [5, 5.41) is 10.1. The molecule has 0 saturated carbocycles. The van der Waals surface area contributed by atoms with E-state index in [1.807, 2.05) is 60.8 Å². The topological polar surface area (TPSA) is 79.3 Å². The van der Waals surface area contributed by atoms with Gasteiger partial charge in [0.25, 0.3) is 0 Å². The Morgan fingerprint density at radius 2 is 1.71 bits per heavy atom. The summed E-state index contributed by atoms with van der Waals surface area (Å²) >= 11 is 0. The molecule has 3 aromatic rings. The van der Waals surface area contributed by atoms with Gasteiger partial charge in [-0.1, -0.05) is 18.6 Å². The van der Waals surface area contributed by atoms with Crippen molar-refractivity contribution in [1.29, 1.82) is 0 Å². The lowest BCUT2D eigenvalue weighted by atomic mass is 10.00. The highest BCUT2D eigenvalue weighted by atomic mass is 16.2. The average molecular weight is 418 g/mol. The van der Waals surface area contributed by atoms with Gasteiger partial charge in [0.2, 0.25) is 11.8 Å². The molecule has 160 valence electrons. The molecule has 1 aliphatic heterocycles. The van der Waals surface area contributed by atoms with Crippen molar-refractivity contribution in [3.8, 4) is 5.69 Å². The maximum Gasteiger partial charge on any atom is 0.241 e. The Balaban J connectivity index is 1.39. The minimum absolute atomic E-state index is 0.0291. The van der Waals surface area contributed by atoms with E-state index in [1.165, 1.54) is 6.92 Å². The van der Waals surface area contributed by atoms with Crippen molar-refractivity contribution in [2.45, 2.75) is 38.8 Å². The van der Waals surface area contributed by atoms with E-state index in [4.69, 9.17) is 0 Å². The lowest BCUT2D eigenvalue weighted by Crippen LogP contribution is -2.46. The summed E-state index contributed by atoms with van der Waals surface area (Å²) in [5.74, 6) is -0.0559. The van der Waals surface area contributed by atoms with Crippen molar-refractivity contribution in [2.75, 3.05) is 17.2 Å². The highest BCUT2D eigenvalue weighted by molar-refractivity contribution is 5.95. The zero-order valence-electron chi connectivity index (χ0n) is 17.6. The minimum atomic E-state index is -0.158. The van der Waals surface area contributed by atoms with Crippen LogP contribution in [0.3, 0.4) is 0 Å². The minimum Gasteiger partial charge on any atom is -0.326 e. The Bertz CT molecular complexity index is 1010. The Hall–Kier alpha value is -3.45. The molecule has 0 aliphatic carbocycles. The number of hydrogen-bond acceptors (Lipinski definition) is 4. The van der Waals surface area contributed by atoms with Gasteiger partial charge in [-0.2, -0.15) is 5.10 Å². The Morgan fingerprint density at radius 3 is 2.39 bits per heavy atom. The molecule has 0 bridgehead atoms. The van der Waals surface area contributed by atoms with Crippen molar-refractivity contribution >= 4 is 23.2 Å². The van der Waals surface area contributed by atoms with E-state index in [0.717, 1.165) is 48.4 Å². The molecule has 1 fully saturated rings. The standard InChI is InChI=1S/C24H27N5O2/c1-18(30)26-20-8-6-19(7-9-20)17-28-15-3-2-5-23(28)24(31)27-21-10-12-22(13-11-21)29-16-4-14-25-29/h4,6-14,16,23H,2-3,5,15,17H2,1H3,(H,26,30)(H,27,31)/t23-/m1/s1. The summed E-state index contributed by atoms with van der Waals surface area (Å²) in [7, 11) is 0. The summed E-state index contributed by atoms with van der Waals surface area (Å²) in [5.41, 5.74) is 3.64. The molecule has 7 nitrogen and oxygen atoms in total. The van der Waals surface area contributed by atoms with Crippen molar-refractivity contribution in [1.82, 2.24) is 14.7 Å². The van der Waals surface area contributed by atoms with Gasteiger partial charge in [0.15, 0.2) is 0 Å². The fraction of sp³-hybridized carbons (Fsp3) is 0.292. The number of likely N-dealkylation sites (tertiary alicyclic amines) is 1. The molecule has 1 aliphatic rings. The number of hydrogen-bond donors (Lipinski definition) is 2. The lowest BCUT2D eigenvalue weighted by molar-refractivity contribution is -0.122. The molecular weight excluding hydrogens is 390 g/mol. The third-order valence-corrected chi connectivity index (χ3v) is 5.48. The van der Waals surface area contributed by atoms with Gasteiger partial charge in [-0.25, -0.2) is 4.68 Å². The van der Waals surface area contributed by atoms with Gasteiger partial charge >= 0.3 is 0 Å². The van der Waals surface area contributed by atoms with Crippen molar-refractivity contribution in [3.05, 3.63) is 72.6 Å². The molecule has 2 N–H and O–H groups in total. The number of rotatable bonds is 6. The van der Waals surface area contributed by atoms with Crippen molar-refractivity contribution in [2.24, 2.45) is 0 Å². The molecule has 2 heterocycles. The van der Waals surface area contributed by atoms with Crippen LogP contribution in [-0.2, 0) is 16.1 Å². The van der Waals surface area contributed by atoms with E-state index in [0.29, 0.717) is 6.54 Å². The van der Waals surface area contributed by atoms with Gasteiger partial charge in [0.1, 0.15) is 0 Å². The maximum atomic E-state index is 13.0. The first-order chi connectivity index (χ1) is 15.1. The van der Waals surface area contributed by atoms with Crippen LogP contribution in [0, 0.1) is 0 Å². The SMILES string of the molecule is CC(=O)Nc1ccc(CN2CCCC[C@@H]2C(=O)Nc2ccc(-n3cccn3)cc2)cc1. The van der Waals surface area contributed by atoms with Crippen LogP contribution in [0.5, 0.6) is 0 Å². The molecule has 0 radical (unpaired) electrons. The summed E-state index contributed by atoms with van der Waals surface area (Å²) in [6, 6.07) is 17.2. The molecule has 4 rings (SSSR count). The Morgan fingerprint density at radius 1 is 1.00 bits per heavy atom. The van der Waals surface area contributed by atoms with Gasteiger partial charge in [-0.3, -0.25) is 14.5 Å². The quantitative estimate of drug-likeness (QED) is 0.639. The predicted molar refractivity (Wildman–Crippen MR) is 121 cm³/mol. The summed E-state index contributed by atoms with van der Waals surface area (Å²) in [6.07, 6.45) is 6.61. The lowest BCUT2D eigenvalue weighted by Gasteiger charge is -2.34. The fourth-order valence-electron chi connectivity index (χ4n) is 3.95. The zero-order chi connectivity index (χ0) is 21.6. The molecule has 2 amide bonds. The molecule has 2 aromatic carbocycles. The number of anilines is 2. The number of aromatic nitrogens is 2. The van der Waals surface area contributed by atoms with Crippen LogP contribution in [0.1, 0.15) is 31.7 Å². The summed E-state index contributed by atoms with van der Waals surface area (Å²) in [6.45, 7) is 3.09. The van der Waals surface area contributed by atoms with E-state index >= 15 is 0 Å². The second-order valence-corrected chi connectivity index (χ2v) is 7.85. The van der Waals surface area contributed by atoms with Crippen LogP contribution < -0.4 is 10.6 Å². The Labute approximate surface area is 182 Å². The number of nitrogens with zero attached hydrogens (tertiary/aromatic N) is 3. The third kappa shape index (κ3) is 5.38. The second-order valence-electron chi connectivity index (χ2n) is 7.85. The van der Waals surface area contributed by atoms with E-state index in [9.17, 15) is 9.59 Å². The van der Waals surface area contributed by atoms with Crippen LogP contribution in [0.2, 0.25) is 0 Å². The molecule has 1 aromatic heterocycles. The number of nitrogens with one attached hydrogen (secondary N) is 2. The third-order valence-electron chi connectivity index (χ3n) is 5.48. The monoisotopic (exact) mass is 417 g/mol. The van der Waals surface area contributed by atoms with E-state index in [-0.39, 0.29) is 17.9 Å². The van der Waals surface area contributed by atoms with Gasteiger partial charge in [-0.15, -0.1) is 0 Å². The fourth-order valence-corrected chi connectivity index (χ4v) is 3.95. The van der Waals surface area contributed by atoms with Crippen LogP contribution in [0.4, 0.5) is 11.4 Å². The molecule has 7 heteroatoms. The molecule has 1 saturated heterocycles. The number of carbonyl (C=O) groups is 2. The predicted octanol–water partition coefficient (Wildman–Crippen LogP) is 3.82. The second kappa shape index (κ2) is 9.57. The smallest absolute Gasteiger partial charge is 0.241 e. The van der Waals surface area contributed by atoms with E-state index in [1.54, 1.807) is 10.9 Å². The Kier molecular flexibility index (Phi) is 6.43. The number of benzene rings is 2. The average Bonchev–Trinajstić information content (AvgIpc) is 3.31. The van der Waals surface area contributed by atoms with E-state index in [2.05, 4.69) is 20.6 Å². The highest BCUT2D eigenvalue weighted by Gasteiger charge is 2.28. The number of amides is 2. The van der Waals surface area contributed by atoms with E-state index < -0.39 is 0 Å². The molecule has 31 heavy (non-hydrogen) atoms. The molecule has 1 atom stereocenters. The van der Waals surface area contributed by atoms with Crippen LogP contribution >= 0.6 is 0 Å². The van der Waals surface area contributed by atoms with Crippen LogP contribution in [-0.4, -0.2) is 39.1 Å². The van der Waals surface area contributed by atoms with Crippen molar-refractivity contribution in [3.63, 3.8) is 0 Å². The highest BCUT2D eigenvalue weighted by Crippen LogP contribution is 2.22. The first-order valence-electron chi connectivity index (χ1n) is 10.6. The first-order valence-corrected chi connectivity index (χ1v) is 10.6. The van der Waals surface area contributed by atoms with Crippen molar-refractivity contribution < 1.29 is 9.59 Å². The largest absolute Gasteiger partial charge is 0.326 e. The maximum absolute atomic E-state index is 13.0. The normalized spacial score (nSPS) is 16.6. The molecule has 0 spiro atoms. The summed E-state index contributed by atoms with van der Waals surface area (Å²) < 4.78 is 1.78. The zero-order valence-corrected chi connectivity index (χ0v) is 17.6. The van der Waals surface area contributed by atoms with Crippen LogP contribution in [0.25, 0.3) is 5.69 Å². The van der Waals surface area contributed by atoms with Gasteiger partial charge < -0.3 is 10.6 Å². The molecular formula is C24H27N5O2. The van der Waals surface area contributed by atoms with Gasteiger partial charge in [0, 0.05) is 37.2 Å². The van der Waals surface area contributed by atoms with Gasteiger partial charge in [0.05, 0.1) is 11.7 Å². The first kappa shape index (κ1) is 20.8. The summed E-state index contributed by atoms with van der Waals surface area (Å²) in [4.78, 5) is 26.5. The van der Waals surface area contributed by atoms with Crippen LogP contribution in [0.15, 0.2) is 67.0 Å². The van der Waals surface area contributed by atoms with Gasteiger partial charge in [-0.05, 0) is 67.4 Å². The number of piperidine rings is 1.